The molecule has 0 radical (unpaired) electrons. The predicted molar refractivity (Wildman–Crippen MR) is 82.2 cm³/mol. The normalized spacial score (nSPS) is 20.9. The summed E-state index contributed by atoms with van der Waals surface area (Å²) >= 11 is 0. The lowest BCUT2D eigenvalue weighted by atomic mass is 9.73. The molecular weight excluding hydrogens is 262 g/mol. The highest BCUT2D eigenvalue weighted by atomic mass is 16.2. The summed E-state index contributed by atoms with van der Waals surface area (Å²) < 4.78 is 0. The molecule has 0 aliphatic carbocycles. The zero-order valence-electron chi connectivity index (χ0n) is 12.9. The summed E-state index contributed by atoms with van der Waals surface area (Å²) in [6.45, 7) is 6.27. The van der Waals surface area contributed by atoms with E-state index in [4.69, 9.17) is 5.26 Å². The first-order chi connectivity index (χ1) is 9.99. The second-order valence-electron chi connectivity index (χ2n) is 6.42. The van der Waals surface area contributed by atoms with Crippen LogP contribution in [0, 0.1) is 11.3 Å². The maximum Gasteiger partial charge on any atom is 0.237 e. The van der Waals surface area contributed by atoms with Gasteiger partial charge in [0.25, 0.3) is 0 Å². The van der Waals surface area contributed by atoms with Gasteiger partial charge in [0.15, 0.2) is 0 Å². The summed E-state index contributed by atoms with van der Waals surface area (Å²) in [6.07, 6.45) is 1.69. The van der Waals surface area contributed by atoms with Crippen LogP contribution in [0.25, 0.3) is 0 Å². The van der Waals surface area contributed by atoms with E-state index in [2.05, 4.69) is 24.8 Å². The van der Waals surface area contributed by atoms with Crippen molar-refractivity contribution in [3.8, 4) is 6.07 Å². The Morgan fingerprint density at radius 2 is 1.95 bits per heavy atom. The van der Waals surface area contributed by atoms with Crippen LogP contribution in [0.5, 0.6) is 0 Å². The molecule has 4 nitrogen and oxygen atoms in total. The number of likely N-dealkylation sites (N-methyl/N-ethyl adjacent to an activating group) is 1. The lowest BCUT2D eigenvalue weighted by molar-refractivity contribution is -0.124. The standard InChI is InChI=1S/C17H21N3O/c1-12(2)20-8-6-17(7-9-20)14-10-13(11-18)4-5-15(14)19(3)16(17)21/h4-5,10,12H,6-9H2,1-3H3. The molecule has 21 heavy (non-hydrogen) atoms. The van der Waals surface area contributed by atoms with E-state index >= 15 is 0 Å². The van der Waals surface area contributed by atoms with Gasteiger partial charge >= 0.3 is 0 Å². The number of piperidine rings is 1. The average molecular weight is 283 g/mol. The fourth-order valence-corrected chi connectivity index (χ4v) is 3.73. The highest BCUT2D eigenvalue weighted by Crippen LogP contribution is 2.47. The molecule has 1 aromatic rings. The molecule has 2 aliphatic heterocycles. The van der Waals surface area contributed by atoms with Crippen molar-refractivity contribution in [2.75, 3.05) is 25.0 Å². The first-order valence-electron chi connectivity index (χ1n) is 7.56. The minimum Gasteiger partial charge on any atom is -0.314 e. The summed E-state index contributed by atoms with van der Waals surface area (Å²) in [7, 11) is 1.84. The van der Waals surface area contributed by atoms with Crippen LogP contribution in [0.4, 0.5) is 5.69 Å². The number of carbonyl (C=O) groups is 1. The summed E-state index contributed by atoms with van der Waals surface area (Å²) in [5, 5.41) is 9.15. The van der Waals surface area contributed by atoms with Gasteiger partial charge in [0, 0.05) is 18.8 Å². The first-order valence-corrected chi connectivity index (χ1v) is 7.56. The first kappa shape index (κ1) is 14.1. The van der Waals surface area contributed by atoms with Crippen LogP contribution < -0.4 is 4.90 Å². The van der Waals surface area contributed by atoms with E-state index in [0.717, 1.165) is 37.2 Å². The van der Waals surface area contributed by atoms with E-state index in [1.807, 2.05) is 19.2 Å². The second kappa shape index (κ2) is 4.85. The Hall–Kier alpha value is -1.86. The van der Waals surface area contributed by atoms with Crippen molar-refractivity contribution in [2.24, 2.45) is 0 Å². The van der Waals surface area contributed by atoms with Crippen LogP contribution in [-0.4, -0.2) is 37.0 Å². The largest absolute Gasteiger partial charge is 0.314 e. The van der Waals surface area contributed by atoms with Crippen molar-refractivity contribution < 1.29 is 4.79 Å². The summed E-state index contributed by atoms with van der Waals surface area (Å²) in [5.74, 6) is 0.191. The van der Waals surface area contributed by atoms with Crippen molar-refractivity contribution in [1.82, 2.24) is 4.90 Å². The molecule has 1 amide bonds. The molecule has 0 N–H and O–H groups in total. The third-order valence-corrected chi connectivity index (χ3v) is 5.10. The van der Waals surface area contributed by atoms with Crippen LogP contribution in [0.1, 0.15) is 37.8 Å². The van der Waals surface area contributed by atoms with Gasteiger partial charge in [-0.3, -0.25) is 4.79 Å². The molecule has 2 aliphatic rings. The Balaban J connectivity index is 2.01. The van der Waals surface area contributed by atoms with Gasteiger partial charge in [0.1, 0.15) is 0 Å². The predicted octanol–water partition coefficient (Wildman–Crippen LogP) is 2.28. The Kier molecular flexibility index (Phi) is 3.26. The van der Waals surface area contributed by atoms with E-state index in [1.165, 1.54) is 0 Å². The number of rotatable bonds is 1. The molecule has 0 unspecified atom stereocenters. The average Bonchev–Trinajstić information content (AvgIpc) is 2.70. The molecule has 2 heterocycles. The van der Waals surface area contributed by atoms with Gasteiger partial charge < -0.3 is 9.80 Å². The highest BCUT2D eigenvalue weighted by molar-refractivity contribution is 6.08. The maximum atomic E-state index is 12.8. The number of hydrogen-bond acceptors (Lipinski definition) is 3. The van der Waals surface area contributed by atoms with Crippen molar-refractivity contribution in [1.29, 1.82) is 5.26 Å². The fourth-order valence-electron chi connectivity index (χ4n) is 3.73. The minimum absolute atomic E-state index is 0.191. The number of benzene rings is 1. The molecule has 1 fully saturated rings. The Morgan fingerprint density at radius 3 is 2.52 bits per heavy atom. The molecule has 0 atom stereocenters. The van der Waals surface area contributed by atoms with Crippen molar-refractivity contribution in [3.05, 3.63) is 29.3 Å². The Bertz CT molecular complexity index is 621. The van der Waals surface area contributed by atoms with Crippen LogP contribution in [0.15, 0.2) is 18.2 Å². The van der Waals surface area contributed by atoms with Crippen LogP contribution in [0.2, 0.25) is 0 Å². The number of anilines is 1. The number of nitriles is 1. The van der Waals surface area contributed by atoms with E-state index < -0.39 is 5.41 Å². The van der Waals surface area contributed by atoms with Crippen molar-refractivity contribution in [2.45, 2.75) is 38.1 Å². The molecule has 0 bridgehead atoms. The molecular formula is C17H21N3O. The zero-order chi connectivity index (χ0) is 15.2. The zero-order valence-corrected chi connectivity index (χ0v) is 12.9. The number of fused-ring (bicyclic) bond motifs is 2. The topological polar surface area (TPSA) is 47.3 Å². The third kappa shape index (κ3) is 1.96. The highest BCUT2D eigenvalue weighted by Gasteiger charge is 2.51. The minimum atomic E-state index is -0.414. The molecule has 4 heteroatoms. The molecule has 110 valence electrons. The van der Waals surface area contributed by atoms with Gasteiger partial charge in [-0.05, 0) is 63.5 Å². The van der Waals surface area contributed by atoms with Crippen molar-refractivity contribution in [3.63, 3.8) is 0 Å². The number of hydrogen-bond donors (Lipinski definition) is 0. The summed E-state index contributed by atoms with van der Waals surface area (Å²) in [5.41, 5.74) is 2.25. The van der Waals surface area contributed by atoms with E-state index in [1.54, 1.807) is 11.0 Å². The molecule has 3 rings (SSSR count). The molecule has 1 saturated heterocycles. The van der Waals surface area contributed by atoms with Crippen LogP contribution in [-0.2, 0) is 10.2 Å². The van der Waals surface area contributed by atoms with E-state index in [0.29, 0.717) is 11.6 Å². The van der Waals surface area contributed by atoms with Crippen molar-refractivity contribution >= 4 is 11.6 Å². The quantitative estimate of drug-likeness (QED) is 0.794. The van der Waals surface area contributed by atoms with E-state index in [9.17, 15) is 4.79 Å². The monoisotopic (exact) mass is 283 g/mol. The molecule has 0 aromatic heterocycles. The van der Waals surface area contributed by atoms with Gasteiger partial charge in [0.2, 0.25) is 5.91 Å². The number of amides is 1. The summed E-state index contributed by atoms with van der Waals surface area (Å²) in [4.78, 5) is 17.0. The lowest BCUT2D eigenvalue weighted by Crippen LogP contribution is -2.49. The van der Waals surface area contributed by atoms with Crippen LogP contribution in [0.3, 0.4) is 0 Å². The number of carbonyl (C=O) groups excluding carboxylic acids is 1. The van der Waals surface area contributed by atoms with Gasteiger partial charge in [0.05, 0.1) is 17.0 Å². The lowest BCUT2D eigenvalue weighted by Gasteiger charge is -2.40. The van der Waals surface area contributed by atoms with Gasteiger partial charge in [-0.15, -0.1) is 0 Å². The SMILES string of the molecule is CC(C)N1CCC2(CC1)C(=O)N(C)c1ccc(C#N)cc12. The molecule has 1 spiro atoms. The number of nitrogens with zero attached hydrogens (tertiary/aromatic N) is 3. The Labute approximate surface area is 126 Å². The maximum absolute atomic E-state index is 12.8. The van der Waals surface area contributed by atoms with Gasteiger partial charge in [-0.2, -0.15) is 5.26 Å². The van der Waals surface area contributed by atoms with E-state index in [-0.39, 0.29) is 5.91 Å². The Morgan fingerprint density at radius 1 is 1.29 bits per heavy atom. The third-order valence-electron chi connectivity index (χ3n) is 5.10. The second-order valence-corrected chi connectivity index (χ2v) is 6.42. The summed E-state index contributed by atoms with van der Waals surface area (Å²) in [6, 6.07) is 8.34. The molecule has 0 saturated carbocycles. The van der Waals surface area contributed by atoms with Gasteiger partial charge in [-0.25, -0.2) is 0 Å². The molecule has 1 aromatic carbocycles. The smallest absolute Gasteiger partial charge is 0.237 e. The fraction of sp³-hybridized carbons (Fsp3) is 0.529. The van der Waals surface area contributed by atoms with Crippen LogP contribution >= 0.6 is 0 Å². The van der Waals surface area contributed by atoms with Gasteiger partial charge in [-0.1, -0.05) is 0 Å². The number of likely N-dealkylation sites (tertiary alicyclic amines) is 1.